The van der Waals surface area contributed by atoms with Crippen molar-refractivity contribution in [3.63, 3.8) is 0 Å². The number of hydrogen-bond donors (Lipinski definition) is 1. The fourth-order valence-electron chi connectivity index (χ4n) is 7.08. The van der Waals surface area contributed by atoms with Crippen molar-refractivity contribution in [2.75, 3.05) is 6.54 Å². The molecule has 1 heterocycles. The molecule has 46 heavy (non-hydrogen) atoms. The van der Waals surface area contributed by atoms with Crippen LogP contribution in [0, 0.1) is 0 Å². The number of allylic oxidation sites excluding steroid dienone is 1. The smallest absolute Gasteiger partial charge is 0.262 e. The molecule has 1 N–H and O–H groups in total. The van der Waals surface area contributed by atoms with Crippen LogP contribution in [0.5, 0.6) is 0 Å². The maximum absolute atomic E-state index is 13.0. The van der Waals surface area contributed by atoms with E-state index in [1.165, 1.54) is 20.7 Å². The molecule has 0 saturated carbocycles. The normalized spacial score (nSPS) is 18.4. The Kier molecular flexibility index (Phi) is 10.0. The molecule has 0 amide bonds. The second-order valence-corrected chi connectivity index (χ2v) is 22.8. The molecular weight excluding hydrogens is 599 g/mol. The molecule has 0 bridgehead atoms. The highest BCUT2D eigenvalue weighted by Gasteiger charge is 2.57. The molecule has 1 saturated heterocycles. The third-order valence-electron chi connectivity index (χ3n) is 9.28. The summed E-state index contributed by atoms with van der Waals surface area (Å²) >= 11 is 0. The zero-order valence-corrected chi connectivity index (χ0v) is 30.4. The maximum Gasteiger partial charge on any atom is 0.262 e. The molecule has 0 spiro atoms. The highest BCUT2D eigenvalue weighted by molar-refractivity contribution is 7.00. The van der Waals surface area contributed by atoms with Gasteiger partial charge in [-0.2, -0.15) is 0 Å². The van der Waals surface area contributed by atoms with Gasteiger partial charge in [-0.15, -0.1) is 0 Å². The van der Waals surface area contributed by atoms with E-state index < -0.39 is 22.7 Å². The summed E-state index contributed by atoms with van der Waals surface area (Å²) in [6.07, 6.45) is 1.39. The summed E-state index contributed by atoms with van der Waals surface area (Å²) in [5.41, 5.74) is 0.808. The van der Waals surface area contributed by atoms with E-state index in [1.54, 1.807) is 6.08 Å². The van der Waals surface area contributed by atoms with Crippen molar-refractivity contribution < 1.29 is 13.6 Å². The zero-order chi connectivity index (χ0) is 33.0. The minimum absolute atomic E-state index is 0.0737. The lowest BCUT2D eigenvalue weighted by Crippen LogP contribution is -2.70. The first kappa shape index (κ1) is 33.8. The molecule has 4 aromatic carbocycles. The predicted octanol–water partition coefficient (Wildman–Crippen LogP) is 6.34. The summed E-state index contributed by atoms with van der Waals surface area (Å²) < 4.78 is 15.5. The molecule has 4 nitrogen and oxygen atoms in total. The van der Waals surface area contributed by atoms with Crippen molar-refractivity contribution in [1.82, 2.24) is 5.32 Å². The molecule has 4 aromatic rings. The molecule has 6 heteroatoms. The van der Waals surface area contributed by atoms with E-state index in [9.17, 15) is 4.79 Å². The van der Waals surface area contributed by atoms with Gasteiger partial charge in [-0.1, -0.05) is 170 Å². The number of carbonyl (C=O) groups is 1. The van der Waals surface area contributed by atoms with E-state index >= 15 is 0 Å². The predicted molar refractivity (Wildman–Crippen MR) is 196 cm³/mol. The van der Waals surface area contributed by atoms with Gasteiger partial charge in [-0.05, 0) is 30.8 Å². The maximum atomic E-state index is 13.0. The quantitative estimate of drug-likeness (QED) is 0.161. The van der Waals surface area contributed by atoms with Gasteiger partial charge in [0.1, 0.15) is 6.10 Å². The van der Waals surface area contributed by atoms with E-state index in [-0.39, 0.29) is 22.0 Å². The van der Waals surface area contributed by atoms with Crippen LogP contribution in [0.25, 0.3) is 0 Å². The summed E-state index contributed by atoms with van der Waals surface area (Å²) in [6.45, 7) is 16.2. The Hall–Kier alpha value is -3.56. The minimum atomic E-state index is -3.00. The van der Waals surface area contributed by atoms with Crippen LogP contribution in [0.1, 0.15) is 54.9 Å². The van der Waals surface area contributed by atoms with Gasteiger partial charge in [-0.25, -0.2) is 0 Å². The average Bonchev–Trinajstić information content (AvgIpc) is 3.42. The molecule has 0 aromatic heterocycles. The van der Waals surface area contributed by atoms with Crippen molar-refractivity contribution in [2.45, 2.75) is 77.2 Å². The van der Waals surface area contributed by atoms with E-state index in [0.717, 1.165) is 5.70 Å². The summed E-state index contributed by atoms with van der Waals surface area (Å²) in [4.78, 5) is 13.0. The number of nitrogens with one attached hydrogen (secondary N) is 1. The van der Waals surface area contributed by atoms with Gasteiger partial charge in [0.25, 0.3) is 16.6 Å². The third kappa shape index (κ3) is 6.36. The van der Waals surface area contributed by atoms with Crippen molar-refractivity contribution in [2.24, 2.45) is 0 Å². The molecule has 0 radical (unpaired) electrons. The van der Waals surface area contributed by atoms with Gasteiger partial charge >= 0.3 is 0 Å². The molecule has 0 aliphatic carbocycles. The number of benzene rings is 4. The van der Waals surface area contributed by atoms with Crippen molar-refractivity contribution in [1.29, 1.82) is 0 Å². The molecule has 5 rings (SSSR count). The van der Waals surface area contributed by atoms with Gasteiger partial charge in [0.15, 0.2) is 5.78 Å². The second kappa shape index (κ2) is 13.7. The van der Waals surface area contributed by atoms with Crippen LogP contribution in [-0.2, 0) is 13.6 Å². The van der Waals surface area contributed by atoms with Crippen LogP contribution in [-0.4, -0.2) is 41.2 Å². The van der Waals surface area contributed by atoms with Crippen molar-refractivity contribution in [3.8, 4) is 0 Å². The van der Waals surface area contributed by atoms with Gasteiger partial charge < -0.3 is 14.2 Å². The van der Waals surface area contributed by atoms with Crippen LogP contribution in [0.3, 0.4) is 0 Å². The fraction of sp³-hybridized carbons (Fsp3) is 0.325. The largest absolute Gasteiger partial charge is 0.400 e. The van der Waals surface area contributed by atoms with Crippen LogP contribution < -0.4 is 26.1 Å². The Labute approximate surface area is 278 Å². The van der Waals surface area contributed by atoms with Gasteiger partial charge in [0.05, 0.1) is 6.10 Å². The first-order valence-corrected chi connectivity index (χ1v) is 20.3. The van der Waals surface area contributed by atoms with Crippen LogP contribution in [0.15, 0.2) is 133 Å². The minimum Gasteiger partial charge on any atom is -0.400 e. The van der Waals surface area contributed by atoms with Gasteiger partial charge in [0, 0.05) is 24.7 Å². The Morgan fingerprint density at radius 3 is 1.33 bits per heavy atom. The van der Waals surface area contributed by atoms with Gasteiger partial charge in [-0.3, -0.25) is 4.79 Å². The second-order valence-electron chi connectivity index (χ2n) is 14.3. The zero-order valence-electron chi connectivity index (χ0n) is 28.4. The number of carbonyl (C=O) groups excluding carboxylic acids is 1. The van der Waals surface area contributed by atoms with Crippen molar-refractivity contribution in [3.05, 3.63) is 133 Å². The highest BCUT2D eigenvalue weighted by atomic mass is 28.4. The molecule has 240 valence electrons. The Morgan fingerprint density at radius 1 is 0.652 bits per heavy atom. The number of ketones is 1. The number of rotatable bonds is 10. The number of hydrogen-bond acceptors (Lipinski definition) is 4. The monoisotopic (exact) mass is 647 g/mol. The first-order valence-electron chi connectivity index (χ1n) is 16.5. The molecule has 1 fully saturated rings. The van der Waals surface area contributed by atoms with E-state index in [4.69, 9.17) is 8.85 Å². The average molecular weight is 648 g/mol. The van der Waals surface area contributed by atoms with E-state index in [1.807, 2.05) is 6.92 Å². The lowest BCUT2D eigenvalue weighted by Gasteiger charge is -2.48. The Bertz CT molecular complexity index is 1530. The topological polar surface area (TPSA) is 47.6 Å². The molecule has 2 atom stereocenters. The fourth-order valence-corrected chi connectivity index (χ4v) is 16.4. The van der Waals surface area contributed by atoms with Crippen LogP contribution in [0.4, 0.5) is 0 Å². The highest BCUT2D eigenvalue weighted by Crippen LogP contribution is 2.42. The molecular formula is C40H49NO3Si2. The van der Waals surface area contributed by atoms with Crippen LogP contribution >= 0.6 is 0 Å². The van der Waals surface area contributed by atoms with E-state index in [2.05, 4.69) is 168 Å². The third-order valence-corrected chi connectivity index (χ3v) is 19.4. The summed E-state index contributed by atoms with van der Waals surface area (Å²) in [6, 6.07) is 42.9. The molecule has 1 aliphatic heterocycles. The Balaban J connectivity index is 1.74. The van der Waals surface area contributed by atoms with Crippen molar-refractivity contribution >= 4 is 43.2 Å². The van der Waals surface area contributed by atoms with E-state index in [0.29, 0.717) is 13.0 Å². The summed E-state index contributed by atoms with van der Waals surface area (Å²) in [5.74, 6) is 0.0737. The lowest BCUT2D eigenvalue weighted by molar-refractivity contribution is -0.114. The summed E-state index contributed by atoms with van der Waals surface area (Å²) in [7, 11) is -5.93. The molecule has 0 unspecified atom stereocenters. The standard InChI is InChI=1S/C40H49NO3Si2/c1-8-31(42)29-36-38(44-46(40(5,6)7,34-25-17-11-18-26-34)35-27-19-12-20-28-35)37(30-41-36)43-45(39(2,3)4,32-21-13-9-14-22-32)33-23-15-10-16-24-33/h9-29,37-38,41H,8,30H2,1-7H3/b36-29-/t37-,38-/m0/s1. The summed E-state index contributed by atoms with van der Waals surface area (Å²) in [5, 5.41) is 8.01. The Morgan fingerprint density at radius 2 is 1.00 bits per heavy atom. The lowest BCUT2D eigenvalue weighted by atomic mass is 10.2. The molecule has 1 aliphatic rings. The van der Waals surface area contributed by atoms with Crippen LogP contribution in [0.2, 0.25) is 10.1 Å². The first-order chi connectivity index (χ1) is 21.9. The van der Waals surface area contributed by atoms with Gasteiger partial charge in [0.2, 0.25) is 0 Å². The SMILES string of the molecule is CCC(=O)/C=C1\NC[C@H](O[Si](c2ccccc2)(c2ccccc2)C(C)(C)C)[C@H]1O[Si](c1ccccc1)(c1ccccc1)C(C)(C)C.